The summed E-state index contributed by atoms with van der Waals surface area (Å²) in [7, 11) is 1.24. The lowest BCUT2D eigenvalue weighted by Crippen LogP contribution is -2.55. The number of ether oxygens (including phenoxy) is 1. The Hall–Kier alpha value is -1.73. The molecule has 1 aromatic carbocycles. The van der Waals surface area contributed by atoms with E-state index in [4.69, 9.17) is 0 Å². The van der Waals surface area contributed by atoms with Crippen LogP contribution < -0.4 is 0 Å². The summed E-state index contributed by atoms with van der Waals surface area (Å²) in [6.07, 6.45) is -0.0779. The second-order valence-corrected chi connectivity index (χ2v) is 7.32. The van der Waals surface area contributed by atoms with Crippen molar-refractivity contribution in [2.45, 2.75) is 32.9 Å². The number of carbonyl (C=O) groups excluding carboxylic acids is 2. The monoisotopic (exact) mass is 382 g/mol. The van der Waals surface area contributed by atoms with E-state index < -0.39 is 23.0 Å². The molecule has 0 unspecified atom stereocenters. The van der Waals surface area contributed by atoms with Crippen LogP contribution in [0, 0.1) is 5.41 Å². The molecule has 1 N–H and O–H groups in total. The Morgan fingerprint density at radius 1 is 1.30 bits per heavy atom. The van der Waals surface area contributed by atoms with E-state index in [1.54, 1.807) is 45.0 Å². The van der Waals surface area contributed by atoms with E-state index in [2.05, 4.69) is 25.8 Å². The second kappa shape index (κ2) is 6.05. The zero-order valence-corrected chi connectivity index (χ0v) is 15.0. The Morgan fingerprint density at radius 2 is 1.87 bits per heavy atom. The Labute approximate surface area is 143 Å². The first-order valence-electron chi connectivity index (χ1n) is 7.08. The summed E-state index contributed by atoms with van der Waals surface area (Å²) in [6.45, 7) is 5.35. The van der Waals surface area contributed by atoms with Crippen LogP contribution in [0.1, 0.15) is 37.6 Å². The summed E-state index contributed by atoms with van der Waals surface area (Å²) in [5.74, 6) is -1.13. The van der Waals surface area contributed by atoms with Crippen molar-refractivity contribution >= 4 is 33.5 Å². The first-order valence-corrected chi connectivity index (χ1v) is 7.88. The van der Waals surface area contributed by atoms with Gasteiger partial charge < -0.3 is 9.84 Å². The van der Waals surface area contributed by atoms with Gasteiger partial charge in [-0.15, -0.1) is 0 Å². The van der Waals surface area contributed by atoms with Crippen LogP contribution in [0.2, 0.25) is 0 Å². The van der Waals surface area contributed by atoms with Gasteiger partial charge in [0.25, 0.3) is 5.91 Å². The van der Waals surface area contributed by atoms with E-state index in [9.17, 15) is 14.7 Å². The number of rotatable bonds is 2. The van der Waals surface area contributed by atoms with Crippen molar-refractivity contribution in [3.63, 3.8) is 0 Å². The quantitative estimate of drug-likeness (QED) is 0.797. The van der Waals surface area contributed by atoms with Gasteiger partial charge in [-0.25, -0.2) is 4.79 Å². The molecule has 6 nitrogen and oxygen atoms in total. The maximum Gasteiger partial charge on any atom is 0.354 e. The lowest BCUT2D eigenvalue weighted by atomic mass is 9.80. The van der Waals surface area contributed by atoms with Gasteiger partial charge in [-0.1, -0.05) is 36.7 Å². The number of carbonyl (C=O) groups is 2. The fourth-order valence-corrected chi connectivity index (χ4v) is 2.55. The van der Waals surface area contributed by atoms with Crippen LogP contribution >= 0.6 is 15.9 Å². The van der Waals surface area contributed by atoms with Crippen molar-refractivity contribution in [2.24, 2.45) is 10.5 Å². The highest BCUT2D eigenvalue weighted by atomic mass is 79.9. The maximum atomic E-state index is 12.8. The predicted molar refractivity (Wildman–Crippen MR) is 88.8 cm³/mol. The number of amides is 1. The summed E-state index contributed by atoms with van der Waals surface area (Å²) in [5.41, 5.74) is -1.93. The molecule has 0 saturated heterocycles. The smallest absolute Gasteiger partial charge is 0.354 e. The number of esters is 1. The van der Waals surface area contributed by atoms with Crippen LogP contribution in [0.5, 0.6) is 0 Å². The zero-order chi connectivity index (χ0) is 17.4. The molecule has 0 saturated carbocycles. The molecule has 1 aliphatic rings. The first-order chi connectivity index (χ1) is 10.6. The number of aliphatic hydroxyl groups is 1. The first kappa shape index (κ1) is 17.6. The van der Waals surface area contributed by atoms with E-state index in [0.29, 0.717) is 5.56 Å². The van der Waals surface area contributed by atoms with E-state index in [0.717, 1.165) is 9.48 Å². The Balaban J connectivity index is 2.45. The van der Waals surface area contributed by atoms with Crippen LogP contribution in [0.3, 0.4) is 0 Å². The van der Waals surface area contributed by atoms with E-state index in [1.807, 2.05) is 0 Å². The molecule has 0 bridgehead atoms. The normalized spacial score (nSPS) is 21.1. The Kier molecular flexibility index (Phi) is 4.64. The fraction of sp³-hybridized carbons (Fsp3) is 0.438. The van der Waals surface area contributed by atoms with Crippen molar-refractivity contribution in [1.82, 2.24) is 5.01 Å². The molecule has 1 atom stereocenters. The van der Waals surface area contributed by atoms with Gasteiger partial charge in [-0.2, -0.15) is 10.1 Å². The average Bonchev–Trinajstić information content (AvgIpc) is 2.85. The summed E-state index contributed by atoms with van der Waals surface area (Å²) in [6, 6.07) is 6.71. The van der Waals surface area contributed by atoms with Gasteiger partial charge in [-0.05, 0) is 24.3 Å². The van der Waals surface area contributed by atoms with Crippen LogP contribution in [-0.2, 0) is 9.53 Å². The standard InChI is InChI=1S/C16H19BrN2O4/c1-15(2,3)16(22)9-12(14(21)23-4)18-19(16)13(20)10-5-7-11(17)8-6-10/h5-8,22H,9H2,1-4H3/t16-/m1/s1. The number of nitrogens with zero attached hydrogens (tertiary/aromatic N) is 2. The summed E-state index contributed by atoms with van der Waals surface area (Å²) in [4.78, 5) is 24.5. The molecule has 1 aromatic rings. The van der Waals surface area contributed by atoms with Gasteiger partial charge in [0.15, 0.2) is 11.4 Å². The van der Waals surface area contributed by atoms with Crippen molar-refractivity contribution in [2.75, 3.05) is 7.11 Å². The van der Waals surface area contributed by atoms with Crippen LogP contribution in [0.15, 0.2) is 33.8 Å². The minimum absolute atomic E-state index is 0.0235. The molecule has 2 rings (SSSR count). The molecule has 1 heterocycles. The van der Waals surface area contributed by atoms with Gasteiger partial charge in [-0.3, -0.25) is 4.79 Å². The van der Waals surface area contributed by atoms with Crippen molar-refractivity contribution in [3.8, 4) is 0 Å². The van der Waals surface area contributed by atoms with Crippen molar-refractivity contribution in [3.05, 3.63) is 34.3 Å². The molecular formula is C16H19BrN2O4. The van der Waals surface area contributed by atoms with Gasteiger partial charge >= 0.3 is 5.97 Å². The van der Waals surface area contributed by atoms with Crippen molar-refractivity contribution < 1.29 is 19.4 Å². The van der Waals surface area contributed by atoms with E-state index in [1.165, 1.54) is 7.11 Å². The molecule has 0 radical (unpaired) electrons. The highest BCUT2D eigenvalue weighted by Gasteiger charge is 2.54. The molecular weight excluding hydrogens is 364 g/mol. The Bertz CT molecular complexity index is 664. The van der Waals surface area contributed by atoms with E-state index >= 15 is 0 Å². The zero-order valence-electron chi connectivity index (χ0n) is 13.5. The topological polar surface area (TPSA) is 79.2 Å². The average molecular weight is 383 g/mol. The number of benzene rings is 1. The summed E-state index contributed by atoms with van der Waals surface area (Å²) < 4.78 is 5.50. The molecule has 23 heavy (non-hydrogen) atoms. The molecule has 0 aliphatic carbocycles. The van der Waals surface area contributed by atoms with Crippen LogP contribution in [0.4, 0.5) is 0 Å². The number of hydrogen-bond donors (Lipinski definition) is 1. The highest BCUT2D eigenvalue weighted by Crippen LogP contribution is 2.41. The third-order valence-electron chi connectivity index (χ3n) is 3.89. The van der Waals surface area contributed by atoms with Crippen LogP contribution in [0.25, 0.3) is 0 Å². The van der Waals surface area contributed by atoms with E-state index in [-0.39, 0.29) is 12.1 Å². The SMILES string of the molecule is COC(=O)C1=NN(C(=O)c2ccc(Br)cc2)[C@](O)(C(C)(C)C)C1. The number of hydrazone groups is 1. The number of methoxy groups -OCH3 is 1. The minimum Gasteiger partial charge on any atom is -0.464 e. The number of hydrogen-bond acceptors (Lipinski definition) is 5. The maximum absolute atomic E-state index is 12.8. The number of halogens is 1. The second-order valence-electron chi connectivity index (χ2n) is 6.41. The predicted octanol–water partition coefficient (Wildman–Crippen LogP) is 2.56. The minimum atomic E-state index is -1.61. The van der Waals surface area contributed by atoms with Gasteiger partial charge in [0.05, 0.1) is 7.11 Å². The van der Waals surface area contributed by atoms with Gasteiger partial charge in [0, 0.05) is 21.9 Å². The van der Waals surface area contributed by atoms with Crippen molar-refractivity contribution in [1.29, 1.82) is 0 Å². The largest absolute Gasteiger partial charge is 0.464 e. The summed E-state index contributed by atoms with van der Waals surface area (Å²) >= 11 is 3.31. The Morgan fingerprint density at radius 3 is 2.35 bits per heavy atom. The molecule has 124 valence electrons. The molecule has 0 fully saturated rings. The molecule has 0 aromatic heterocycles. The molecule has 7 heteroatoms. The third kappa shape index (κ3) is 3.16. The lowest BCUT2D eigenvalue weighted by Gasteiger charge is -2.41. The molecule has 0 spiro atoms. The molecule has 1 aliphatic heterocycles. The lowest BCUT2D eigenvalue weighted by molar-refractivity contribution is -0.144. The fourth-order valence-electron chi connectivity index (χ4n) is 2.29. The summed E-state index contributed by atoms with van der Waals surface area (Å²) in [5, 5.41) is 16.1. The highest BCUT2D eigenvalue weighted by molar-refractivity contribution is 9.10. The van der Waals surface area contributed by atoms with Crippen LogP contribution in [-0.4, -0.2) is 40.5 Å². The molecule has 1 amide bonds. The van der Waals surface area contributed by atoms with Gasteiger partial charge in [0.2, 0.25) is 0 Å². The van der Waals surface area contributed by atoms with Gasteiger partial charge in [0.1, 0.15) is 0 Å². The third-order valence-corrected chi connectivity index (χ3v) is 4.42.